The zero-order valence-corrected chi connectivity index (χ0v) is 16.4. The van der Waals surface area contributed by atoms with E-state index in [1.54, 1.807) is 6.26 Å². The van der Waals surface area contributed by atoms with Crippen molar-refractivity contribution in [3.63, 3.8) is 0 Å². The lowest BCUT2D eigenvalue weighted by Crippen LogP contribution is -2.06. The van der Waals surface area contributed by atoms with Crippen molar-refractivity contribution >= 4 is 17.5 Å². The minimum Gasteiger partial charge on any atom is -0.461 e. The average molecular weight is 389 g/mol. The first-order valence-corrected chi connectivity index (χ1v) is 9.90. The largest absolute Gasteiger partial charge is 0.461 e. The fraction of sp³-hybridized carbons (Fsp3) is 0.136. The zero-order chi connectivity index (χ0) is 19.5. The van der Waals surface area contributed by atoms with E-state index in [1.165, 1.54) is 11.8 Å². The van der Waals surface area contributed by atoms with E-state index in [2.05, 4.69) is 10.2 Å². The van der Waals surface area contributed by atoms with Crippen LogP contribution >= 0.6 is 11.8 Å². The lowest BCUT2D eigenvalue weighted by atomic mass is 10.0. The Hall–Kier alpha value is -3.12. The second-order valence-corrected chi connectivity index (χ2v) is 7.43. The normalized spacial score (nSPS) is 10.9. The summed E-state index contributed by atoms with van der Waals surface area (Å²) in [4.78, 5) is 12.7. The molecule has 0 saturated heterocycles. The molecule has 2 aromatic carbocycles. The van der Waals surface area contributed by atoms with Crippen molar-refractivity contribution in [3.05, 3.63) is 83.6 Å². The van der Waals surface area contributed by atoms with Gasteiger partial charge in [-0.05, 0) is 43.7 Å². The van der Waals surface area contributed by atoms with Gasteiger partial charge >= 0.3 is 0 Å². The predicted octanol–water partition coefficient (Wildman–Crippen LogP) is 5.12. The summed E-state index contributed by atoms with van der Waals surface area (Å²) in [6.45, 7) is 3.99. The molecule has 5 nitrogen and oxygen atoms in total. The first-order chi connectivity index (χ1) is 13.6. The van der Waals surface area contributed by atoms with Crippen LogP contribution in [0.4, 0.5) is 0 Å². The van der Waals surface area contributed by atoms with Gasteiger partial charge in [-0.15, -0.1) is 10.2 Å². The van der Waals surface area contributed by atoms with Crippen molar-refractivity contribution in [2.24, 2.45) is 0 Å². The van der Waals surface area contributed by atoms with Crippen LogP contribution in [0.1, 0.15) is 21.5 Å². The minimum atomic E-state index is 0.0738. The number of furan rings is 1. The lowest BCUT2D eigenvalue weighted by molar-refractivity contribution is 0.102. The van der Waals surface area contributed by atoms with Crippen molar-refractivity contribution < 1.29 is 9.21 Å². The standard InChI is InChI=1S/C22H19N3O2S/c1-15-10-11-18(16(2)13-15)19(26)14-28-22-24-23-21(20-9-6-12-27-20)25(22)17-7-4-3-5-8-17/h3-13H,14H2,1-2H3. The predicted molar refractivity (Wildman–Crippen MR) is 110 cm³/mol. The van der Waals surface area contributed by atoms with Crippen LogP contribution < -0.4 is 0 Å². The molecule has 140 valence electrons. The van der Waals surface area contributed by atoms with Crippen LogP contribution in [0.2, 0.25) is 0 Å². The van der Waals surface area contributed by atoms with E-state index < -0.39 is 0 Å². The molecule has 2 aromatic heterocycles. The van der Waals surface area contributed by atoms with E-state index in [-0.39, 0.29) is 11.5 Å². The fourth-order valence-electron chi connectivity index (χ4n) is 3.07. The second kappa shape index (κ2) is 7.86. The maximum atomic E-state index is 12.7. The smallest absolute Gasteiger partial charge is 0.205 e. The first kappa shape index (κ1) is 18.3. The number of Topliss-reactive ketones (excluding diaryl/α,β-unsaturated/α-hetero) is 1. The van der Waals surface area contributed by atoms with E-state index in [0.29, 0.717) is 16.7 Å². The van der Waals surface area contributed by atoms with E-state index in [1.807, 2.05) is 79.1 Å². The molecular weight excluding hydrogens is 370 g/mol. The Morgan fingerprint density at radius 3 is 2.57 bits per heavy atom. The molecule has 0 bridgehead atoms. The molecule has 0 fully saturated rings. The number of thioether (sulfide) groups is 1. The molecule has 4 rings (SSSR count). The quantitative estimate of drug-likeness (QED) is 0.338. The summed E-state index contributed by atoms with van der Waals surface area (Å²) in [5.41, 5.74) is 3.80. The van der Waals surface area contributed by atoms with Crippen molar-refractivity contribution in [1.29, 1.82) is 0 Å². The number of hydrogen-bond donors (Lipinski definition) is 0. The van der Waals surface area contributed by atoms with Crippen LogP contribution in [0, 0.1) is 13.8 Å². The summed E-state index contributed by atoms with van der Waals surface area (Å²) in [5.74, 6) is 1.60. The Morgan fingerprint density at radius 2 is 1.86 bits per heavy atom. The third kappa shape index (κ3) is 3.64. The third-order valence-corrected chi connectivity index (χ3v) is 5.33. The van der Waals surface area contributed by atoms with Gasteiger partial charge in [0.15, 0.2) is 16.7 Å². The monoisotopic (exact) mass is 389 g/mol. The molecule has 28 heavy (non-hydrogen) atoms. The van der Waals surface area contributed by atoms with Gasteiger partial charge in [-0.25, -0.2) is 0 Å². The number of nitrogens with zero attached hydrogens (tertiary/aromatic N) is 3. The van der Waals surface area contributed by atoms with Crippen LogP contribution in [-0.4, -0.2) is 26.3 Å². The summed E-state index contributed by atoms with van der Waals surface area (Å²) in [6.07, 6.45) is 1.61. The summed E-state index contributed by atoms with van der Waals surface area (Å²) < 4.78 is 7.43. The van der Waals surface area contributed by atoms with E-state index in [9.17, 15) is 4.79 Å². The number of carbonyl (C=O) groups excluding carboxylic acids is 1. The van der Waals surface area contributed by atoms with E-state index in [0.717, 1.165) is 22.4 Å². The highest BCUT2D eigenvalue weighted by Gasteiger charge is 2.19. The van der Waals surface area contributed by atoms with Crippen LogP contribution in [0.3, 0.4) is 0 Å². The second-order valence-electron chi connectivity index (χ2n) is 6.48. The number of aromatic nitrogens is 3. The maximum absolute atomic E-state index is 12.7. The summed E-state index contributed by atoms with van der Waals surface area (Å²) >= 11 is 1.37. The molecule has 0 aliphatic carbocycles. The van der Waals surface area contributed by atoms with Crippen LogP contribution in [0.5, 0.6) is 0 Å². The Kier molecular flexibility index (Phi) is 5.12. The number of benzene rings is 2. The van der Waals surface area contributed by atoms with Gasteiger partial charge in [0.05, 0.1) is 12.0 Å². The van der Waals surface area contributed by atoms with Crippen molar-refractivity contribution in [1.82, 2.24) is 14.8 Å². The van der Waals surface area contributed by atoms with Gasteiger partial charge in [-0.2, -0.15) is 0 Å². The summed E-state index contributed by atoms with van der Waals surface area (Å²) in [5, 5.41) is 9.27. The van der Waals surface area contributed by atoms with Crippen LogP contribution in [0.15, 0.2) is 76.5 Å². The Balaban J connectivity index is 1.64. The number of rotatable bonds is 6. The molecule has 2 heterocycles. The molecule has 0 saturated carbocycles. The molecule has 4 aromatic rings. The van der Waals surface area contributed by atoms with Crippen molar-refractivity contribution in [2.75, 3.05) is 5.75 Å². The van der Waals surface area contributed by atoms with Gasteiger partial charge in [0.2, 0.25) is 5.82 Å². The summed E-state index contributed by atoms with van der Waals surface area (Å²) in [6, 6.07) is 19.4. The van der Waals surface area contributed by atoms with E-state index >= 15 is 0 Å². The Labute approximate surface area is 167 Å². The molecule has 0 spiro atoms. The van der Waals surface area contributed by atoms with Gasteiger partial charge < -0.3 is 4.42 Å². The minimum absolute atomic E-state index is 0.0738. The molecule has 0 N–H and O–H groups in total. The Bertz CT molecular complexity index is 1100. The lowest BCUT2D eigenvalue weighted by Gasteiger charge is -2.09. The highest BCUT2D eigenvalue weighted by Crippen LogP contribution is 2.28. The SMILES string of the molecule is Cc1ccc(C(=O)CSc2nnc(-c3ccco3)n2-c2ccccc2)c(C)c1. The molecule has 0 amide bonds. The molecule has 0 unspecified atom stereocenters. The summed E-state index contributed by atoms with van der Waals surface area (Å²) in [7, 11) is 0. The van der Waals surface area contributed by atoms with Gasteiger partial charge in [0.1, 0.15) is 0 Å². The number of para-hydroxylation sites is 1. The molecule has 0 aliphatic heterocycles. The van der Waals surface area contributed by atoms with Crippen molar-refractivity contribution in [3.8, 4) is 17.3 Å². The van der Waals surface area contributed by atoms with E-state index in [4.69, 9.17) is 4.42 Å². The highest BCUT2D eigenvalue weighted by atomic mass is 32.2. The van der Waals surface area contributed by atoms with Crippen LogP contribution in [0.25, 0.3) is 17.3 Å². The molecule has 0 atom stereocenters. The maximum Gasteiger partial charge on any atom is 0.205 e. The number of aryl methyl sites for hydroxylation is 2. The molecule has 6 heteroatoms. The highest BCUT2D eigenvalue weighted by molar-refractivity contribution is 7.99. The third-order valence-electron chi connectivity index (χ3n) is 4.40. The molecular formula is C22H19N3O2S. The van der Waals surface area contributed by atoms with Gasteiger partial charge in [-0.3, -0.25) is 9.36 Å². The zero-order valence-electron chi connectivity index (χ0n) is 15.6. The van der Waals surface area contributed by atoms with Crippen LogP contribution in [-0.2, 0) is 0 Å². The molecule has 0 aliphatic rings. The van der Waals surface area contributed by atoms with Gasteiger partial charge in [0, 0.05) is 11.3 Å². The van der Waals surface area contributed by atoms with Gasteiger partial charge in [-0.1, -0.05) is 53.7 Å². The fourth-order valence-corrected chi connectivity index (χ4v) is 3.91. The number of hydrogen-bond acceptors (Lipinski definition) is 5. The van der Waals surface area contributed by atoms with Crippen molar-refractivity contribution in [2.45, 2.75) is 19.0 Å². The number of ketones is 1. The average Bonchev–Trinajstić information content (AvgIpc) is 3.36. The first-order valence-electron chi connectivity index (χ1n) is 8.91. The Morgan fingerprint density at radius 1 is 1.04 bits per heavy atom. The molecule has 0 radical (unpaired) electrons. The topological polar surface area (TPSA) is 60.9 Å². The van der Waals surface area contributed by atoms with Gasteiger partial charge in [0.25, 0.3) is 0 Å². The number of carbonyl (C=O) groups is 1.